The Morgan fingerprint density at radius 2 is 2.23 bits per heavy atom. The lowest BCUT2D eigenvalue weighted by molar-refractivity contribution is 0.0467. The van der Waals surface area contributed by atoms with Gasteiger partial charge in [-0.15, -0.1) is 11.3 Å². The summed E-state index contributed by atoms with van der Waals surface area (Å²) in [6, 6.07) is 2.99. The molecule has 0 unspecified atom stereocenters. The number of carbonyl (C=O) groups excluding carboxylic acids is 1. The Labute approximate surface area is 137 Å². The molecule has 0 aliphatic carbocycles. The standard InChI is InChI=1S/C14H10BrN3O3S/c1-8-7-22-14-17-11(3-12(19)18(8)14)6-21-13(20)9-2-10(15)5-16-4-9/h2-5,7H,6H2,1H3. The summed E-state index contributed by atoms with van der Waals surface area (Å²) in [5, 5.41) is 1.85. The maximum atomic E-state index is 12.0. The highest BCUT2D eigenvalue weighted by Crippen LogP contribution is 2.13. The number of aromatic nitrogens is 3. The second kappa shape index (κ2) is 5.98. The molecule has 0 aliphatic rings. The van der Waals surface area contributed by atoms with Gasteiger partial charge in [0.05, 0.1) is 11.3 Å². The van der Waals surface area contributed by atoms with E-state index in [1.54, 1.807) is 12.3 Å². The molecular weight excluding hydrogens is 370 g/mol. The second-order valence-electron chi connectivity index (χ2n) is 4.55. The van der Waals surface area contributed by atoms with Gasteiger partial charge in [0.25, 0.3) is 5.56 Å². The quantitative estimate of drug-likeness (QED) is 0.653. The molecular formula is C14H10BrN3O3S. The number of ether oxygens (including phenoxy) is 1. The van der Waals surface area contributed by atoms with Crippen molar-refractivity contribution < 1.29 is 9.53 Å². The molecule has 0 fully saturated rings. The SMILES string of the molecule is Cc1csc2nc(COC(=O)c3cncc(Br)c3)cc(=O)n12. The molecule has 112 valence electrons. The van der Waals surface area contributed by atoms with Gasteiger partial charge in [-0.05, 0) is 28.9 Å². The minimum Gasteiger partial charge on any atom is -0.456 e. The highest BCUT2D eigenvalue weighted by atomic mass is 79.9. The molecule has 0 spiro atoms. The number of pyridine rings is 1. The number of nitrogens with zero attached hydrogens (tertiary/aromatic N) is 3. The fourth-order valence-corrected chi connectivity index (χ4v) is 3.18. The molecule has 22 heavy (non-hydrogen) atoms. The Kier molecular flexibility index (Phi) is 4.04. The lowest BCUT2D eigenvalue weighted by atomic mass is 10.3. The molecule has 0 atom stereocenters. The smallest absolute Gasteiger partial charge is 0.340 e. The molecule has 0 bridgehead atoms. The molecule has 3 heterocycles. The highest BCUT2D eigenvalue weighted by molar-refractivity contribution is 9.10. The van der Waals surface area contributed by atoms with Crippen molar-refractivity contribution in [3.8, 4) is 0 Å². The van der Waals surface area contributed by atoms with Gasteiger partial charge in [-0.1, -0.05) is 0 Å². The third-order valence-electron chi connectivity index (χ3n) is 2.92. The lowest BCUT2D eigenvalue weighted by Crippen LogP contribution is -2.16. The monoisotopic (exact) mass is 379 g/mol. The van der Waals surface area contributed by atoms with Crippen molar-refractivity contribution in [1.82, 2.24) is 14.4 Å². The Morgan fingerprint density at radius 1 is 1.41 bits per heavy atom. The third kappa shape index (κ3) is 2.93. The van der Waals surface area contributed by atoms with Crippen molar-refractivity contribution >= 4 is 38.2 Å². The predicted octanol–water partition coefficient (Wildman–Crippen LogP) is 2.58. The lowest BCUT2D eigenvalue weighted by Gasteiger charge is -2.05. The van der Waals surface area contributed by atoms with E-state index in [4.69, 9.17) is 4.74 Å². The number of rotatable bonds is 3. The molecule has 0 aliphatic heterocycles. The summed E-state index contributed by atoms with van der Waals surface area (Å²) < 4.78 is 7.38. The van der Waals surface area contributed by atoms with Crippen LogP contribution in [0, 0.1) is 6.92 Å². The molecule has 0 N–H and O–H groups in total. The average molecular weight is 380 g/mol. The number of halogens is 1. The highest BCUT2D eigenvalue weighted by Gasteiger charge is 2.11. The van der Waals surface area contributed by atoms with Crippen molar-refractivity contribution in [2.75, 3.05) is 0 Å². The van der Waals surface area contributed by atoms with Crippen LogP contribution >= 0.6 is 27.3 Å². The van der Waals surface area contributed by atoms with E-state index in [0.717, 1.165) is 5.69 Å². The topological polar surface area (TPSA) is 73.6 Å². The zero-order valence-corrected chi connectivity index (χ0v) is 13.8. The summed E-state index contributed by atoms with van der Waals surface area (Å²) in [4.78, 5) is 32.8. The van der Waals surface area contributed by atoms with Crippen LogP contribution in [0.4, 0.5) is 0 Å². The summed E-state index contributed by atoms with van der Waals surface area (Å²) in [6.45, 7) is 1.78. The number of carbonyl (C=O) groups is 1. The van der Waals surface area contributed by atoms with Gasteiger partial charge < -0.3 is 4.74 Å². The number of thiazole rings is 1. The molecule has 0 radical (unpaired) electrons. The molecule has 3 rings (SSSR count). The van der Waals surface area contributed by atoms with Crippen molar-refractivity contribution in [2.24, 2.45) is 0 Å². The van der Waals surface area contributed by atoms with E-state index >= 15 is 0 Å². The summed E-state index contributed by atoms with van der Waals surface area (Å²) in [6.07, 6.45) is 2.99. The van der Waals surface area contributed by atoms with E-state index in [9.17, 15) is 9.59 Å². The van der Waals surface area contributed by atoms with Crippen molar-refractivity contribution in [2.45, 2.75) is 13.5 Å². The molecule has 0 saturated carbocycles. The Bertz CT molecular complexity index is 919. The van der Waals surface area contributed by atoms with E-state index in [1.807, 2.05) is 12.3 Å². The Hall–Kier alpha value is -2.06. The van der Waals surface area contributed by atoms with Crippen LogP contribution < -0.4 is 5.56 Å². The van der Waals surface area contributed by atoms with Crippen LogP contribution in [-0.4, -0.2) is 20.3 Å². The normalized spacial score (nSPS) is 10.8. The average Bonchev–Trinajstić information content (AvgIpc) is 2.86. The summed E-state index contributed by atoms with van der Waals surface area (Å²) >= 11 is 4.61. The van der Waals surface area contributed by atoms with E-state index in [1.165, 1.54) is 28.0 Å². The van der Waals surface area contributed by atoms with Gasteiger partial charge in [0, 0.05) is 34.0 Å². The summed E-state index contributed by atoms with van der Waals surface area (Å²) in [5.74, 6) is -0.516. The Morgan fingerprint density at radius 3 is 3.00 bits per heavy atom. The zero-order valence-electron chi connectivity index (χ0n) is 11.4. The minimum atomic E-state index is -0.516. The Balaban J connectivity index is 1.79. The van der Waals surface area contributed by atoms with Gasteiger partial charge in [-0.2, -0.15) is 0 Å². The summed E-state index contributed by atoms with van der Waals surface area (Å²) in [7, 11) is 0. The van der Waals surface area contributed by atoms with E-state index < -0.39 is 5.97 Å². The maximum Gasteiger partial charge on any atom is 0.340 e. The van der Waals surface area contributed by atoms with Gasteiger partial charge in [-0.25, -0.2) is 9.78 Å². The largest absolute Gasteiger partial charge is 0.456 e. The van der Waals surface area contributed by atoms with Crippen LogP contribution in [0.2, 0.25) is 0 Å². The molecule has 6 nitrogen and oxygen atoms in total. The number of esters is 1. The molecule has 8 heteroatoms. The number of hydrogen-bond donors (Lipinski definition) is 0. The molecule has 0 saturated heterocycles. The van der Waals surface area contributed by atoms with Gasteiger partial charge in [-0.3, -0.25) is 14.2 Å². The zero-order chi connectivity index (χ0) is 15.7. The first-order valence-electron chi connectivity index (χ1n) is 6.29. The maximum absolute atomic E-state index is 12.0. The van der Waals surface area contributed by atoms with Crippen LogP contribution in [0.3, 0.4) is 0 Å². The second-order valence-corrected chi connectivity index (χ2v) is 6.30. The van der Waals surface area contributed by atoms with Crippen LogP contribution in [0.15, 0.2) is 39.2 Å². The van der Waals surface area contributed by atoms with Crippen molar-refractivity contribution in [3.63, 3.8) is 0 Å². The molecule has 3 aromatic heterocycles. The van der Waals surface area contributed by atoms with Crippen LogP contribution in [-0.2, 0) is 11.3 Å². The van der Waals surface area contributed by atoms with E-state index in [0.29, 0.717) is 20.7 Å². The van der Waals surface area contributed by atoms with E-state index in [2.05, 4.69) is 25.9 Å². The minimum absolute atomic E-state index is 0.0615. The van der Waals surface area contributed by atoms with Gasteiger partial charge in [0.2, 0.25) is 0 Å². The molecule has 0 aromatic carbocycles. The van der Waals surface area contributed by atoms with E-state index in [-0.39, 0.29) is 12.2 Å². The fraction of sp³-hybridized carbons (Fsp3) is 0.143. The van der Waals surface area contributed by atoms with Gasteiger partial charge in [0.15, 0.2) is 4.96 Å². The fourth-order valence-electron chi connectivity index (χ4n) is 1.92. The number of hydrogen-bond acceptors (Lipinski definition) is 6. The first-order chi connectivity index (χ1) is 10.5. The van der Waals surface area contributed by atoms with Crippen molar-refractivity contribution in [3.05, 3.63) is 61.7 Å². The molecule has 0 amide bonds. The predicted molar refractivity (Wildman–Crippen MR) is 85.1 cm³/mol. The number of fused-ring (bicyclic) bond motifs is 1. The first kappa shape index (κ1) is 14.9. The van der Waals surface area contributed by atoms with Crippen LogP contribution in [0.25, 0.3) is 4.96 Å². The number of aryl methyl sites for hydroxylation is 1. The first-order valence-corrected chi connectivity index (χ1v) is 7.96. The van der Waals surface area contributed by atoms with Crippen LogP contribution in [0.5, 0.6) is 0 Å². The van der Waals surface area contributed by atoms with Gasteiger partial charge in [0.1, 0.15) is 6.61 Å². The van der Waals surface area contributed by atoms with Crippen LogP contribution in [0.1, 0.15) is 21.7 Å². The summed E-state index contributed by atoms with van der Waals surface area (Å²) in [5.41, 5.74) is 1.41. The van der Waals surface area contributed by atoms with Crippen molar-refractivity contribution in [1.29, 1.82) is 0 Å². The molecule has 3 aromatic rings. The van der Waals surface area contributed by atoms with Gasteiger partial charge >= 0.3 is 5.97 Å². The third-order valence-corrected chi connectivity index (χ3v) is 4.30.